The maximum atomic E-state index is 12.5. The molecular formula is C17H17N5O2. The van der Waals surface area contributed by atoms with Gasteiger partial charge in [0.05, 0.1) is 5.69 Å². The quantitative estimate of drug-likeness (QED) is 0.761. The molecule has 0 saturated heterocycles. The number of pyridine rings is 1. The number of carbonyl (C=O) groups is 1. The van der Waals surface area contributed by atoms with Gasteiger partial charge < -0.3 is 9.88 Å². The van der Waals surface area contributed by atoms with Crippen molar-refractivity contribution in [1.82, 2.24) is 24.3 Å². The van der Waals surface area contributed by atoms with Gasteiger partial charge in [0.2, 0.25) is 0 Å². The predicted molar refractivity (Wildman–Crippen MR) is 88.0 cm³/mol. The molecule has 0 aliphatic carbocycles. The molecule has 3 aromatic heterocycles. The van der Waals surface area contributed by atoms with E-state index in [1.807, 2.05) is 13.1 Å². The van der Waals surface area contributed by atoms with Crippen LogP contribution in [0.5, 0.6) is 0 Å². The summed E-state index contributed by atoms with van der Waals surface area (Å²) < 4.78 is 3.45. The molecule has 0 radical (unpaired) electrons. The third kappa shape index (κ3) is 2.47. The Morgan fingerprint density at radius 2 is 2.25 bits per heavy atom. The average Bonchev–Trinajstić information content (AvgIpc) is 2.94. The van der Waals surface area contributed by atoms with E-state index < -0.39 is 0 Å². The highest BCUT2D eigenvalue weighted by molar-refractivity contribution is 5.93. The topological polar surface area (TPSA) is 81.3 Å². The lowest BCUT2D eigenvalue weighted by molar-refractivity contribution is 0.0925. The SMILES string of the molecule is Cc1cn2c(n1)CC[C@H](NC(=O)c1cnc3ccccn3c1=O)C2. The number of fused-ring (bicyclic) bond motifs is 2. The molecule has 0 spiro atoms. The summed E-state index contributed by atoms with van der Waals surface area (Å²) in [5, 5.41) is 2.95. The Bertz CT molecular complexity index is 988. The highest BCUT2D eigenvalue weighted by Gasteiger charge is 2.23. The largest absolute Gasteiger partial charge is 0.347 e. The molecular weight excluding hydrogens is 306 g/mol. The monoisotopic (exact) mass is 323 g/mol. The number of amides is 1. The van der Waals surface area contributed by atoms with Crippen LogP contribution < -0.4 is 10.9 Å². The molecule has 1 aliphatic rings. The molecule has 7 nitrogen and oxygen atoms in total. The Labute approximate surface area is 138 Å². The van der Waals surface area contributed by atoms with Crippen molar-refractivity contribution < 1.29 is 4.79 Å². The van der Waals surface area contributed by atoms with Gasteiger partial charge in [-0.15, -0.1) is 0 Å². The number of carbonyl (C=O) groups excluding carboxylic acids is 1. The fourth-order valence-electron chi connectivity index (χ4n) is 3.15. The second-order valence-corrected chi connectivity index (χ2v) is 6.07. The van der Waals surface area contributed by atoms with Crippen molar-refractivity contribution in [2.75, 3.05) is 0 Å². The first kappa shape index (κ1) is 14.6. The van der Waals surface area contributed by atoms with Crippen LogP contribution in [0.25, 0.3) is 5.65 Å². The number of aryl methyl sites for hydroxylation is 2. The van der Waals surface area contributed by atoms with Gasteiger partial charge in [-0.1, -0.05) is 6.07 Å². The van der Waals surface area contributed by atoms with Gasteiger partial charge in [-0.25, -0.2) is 9.97 Å². The first-order valence-corrected chi connectivity index (χ1v) is 7.92. The molecule has 0 aromatic carbocycles. The number of rotatable bonds is 2. The smallest absolute Gasteiger partial charge is 0.270 e. The molecule has 7 heteroatoms. The highest BCUT2D eigenvalue weighted by Crippen LogP contribution is 2.15. The Balaban J connectivity index is 1.57. The van der Waals surface area contributed by atoms with E-state index in [4.69, 9.17) is 0 Å². The van der Waals surface area contributed by atoms with Crippen molar-refractivity contribution in [3.05, 3.63) is 64.2 Å². The molecule has 0 bridgehead atoms. The Morgan fingerprint density at radius 3 is 3.12 bits per heavy atom. The molecule has 1 atom stereocenters. The number of hydrogen-bond acceptors (Lipinski definition) is 4. The van der Waals surface area contributed by atoms with Crippen LogP contribution in [-0.4, -0.2) is 30.9 Å². The zero-order chi connectivity index (χ0) is 16.7. The fourth-order valence-corrected chi connectivity index (χ4v) is 3.15. The van der Waals surface area contributed by atoms with Crippen molar-refractivity contribution in [3.8, 4) is 0 Å². The molecule has 1 amide bonds. The van der Waals surface area contributed by atoms with Crippen molar-refractivity contribution in [1.29, 1.82) is 0 Å². The molecule has 4 heterocycles. The van der Waals surface area contributed by atoms with Gasteiger partial charge in [0.15, 0.2) is 0 Å². The fraction of sp³-hybridized carbons (Fsp3) is 0.294. The Hall–Kier alpha value is -2.96. The van der Waals surface area contributed by atoms with Gasteiger partial charge in [0.1, 0.15) is 17.0 Å². The lowest BCUT2D eigenvalue weighted by Crippen LogP contribution is -2.42. The summed E-state index contributed by atoms with van der Waals surface area (Å²) in [6, 6.07) is 5.25. The van der Waals surface area contributed by atoms with E-state index in [9.17, 15) is 9.59 Å². The molecule has 4 rings (SSSR count). The van der Waals surface area contributed by atoms with Crippen molar-refractivity contribution in [3.63, 3.8) is 0 Å². The molecule has 0 fully saturated rings. The third-order valence-electron chi connectivity index (χ3n) is 4.31. The van der Waals surface area contributed by atoms with E-state index >= 15 is 0 Å². The van der Waals surface area contributed by atoms with Gasteiger partial charge in [-0.2, -0.15) is 0 Å². The van der Waals surface area contributed by atoms with Crippen LogP contribution in [0.4, 0.5) is 0 Å². The van der Waals surface area contributed by atoms with E-state index in [0.29, 0.717) is 12.2 Å². The number of nitrogens with one attached hydrogen (secondary N) is 1. The zero-order valence-electron chi connectivity index (χ0n) is 13.3. The minimum absolute atomic E-state index is 0.0190. The van der Waals surface area contributed by atoms with Crippen LogP contribution in [0.3, 0.4) is 0 Å². The molecule has 122 valence electrons. The zero-order valence-corrected chi connectivity index (χ0v) is 13.3. The van der Waals surface area contributed by atoms with Crippen molar-refractivity contribution in [2.24, 2.45) is 0 Å². The lowest BCUT2D eigenvalue weighted by atomic mass is 10.1. The van der Waals surface area contributed by atoms with Crippen LogP contribution in [0.1, 0.15) is 28.3 Å². The van der Waals surface area contributed by atoms with Crippen LogP contribution in [0, 0.1) is 6.92 Å². The Kier molecular flexibility index (Phi) is 3.41. The van der Waals surface area contributed by atoms with Gasteiger partial charge in [0.25, 0.3) is 11.5 Å². The normalized spacial score (nSPS) is 16.8. The first-order valence-electron chi connectivity index (χ1n) is 7.92. The summed E-state index contributed by atoms with van der Waals surface area (Å²) in [6.07, 6.45) is 6.57. The van der Waals surface area contributed by atoms with E-state index in [0.717, 1.165) is 24.4 Å². The summed E-state index contributed by atoms with van der Waals surface area (Å²) in [4.78, 5) is 33.6. The van der Waals surface area contributed by atoms with Crippen molar-refractivity contribution in [2.45, 2.75) is 32.4 Å². The van der Waals surface area contributed by atoms with Crippen LogP contribution in [0.2, 0.25) is 0 Å². The summed E-state index contributed by atoms with van der Waals surface area (Å²) in [7, 11) is 0. The summed E-state index contributed by atoms with van der Waals surface area (Å²) in [5.41, 5.74) is 1.21. The van der Waals surface area contributed by atoms with E-state index in [-0.39, 0.29) is 23.1 Å². The van der Waals surface area contributed by atoms with Crippen LogP contribution in [-0.2, 0) is 13.0 Å². The van der Waals surface area contributed by atoms with E-state index in [1.54, 1.807) is 24.4 Å². The van der Waals surface area contributed by atoms with Gasteiger partial charge in [-0.05, 0) is 25.5 Å². The predicted octanol–water partition coefficient (Wildman–Crippen LogP) is 0.944. The van der Waals surface area contributed by atoms with E-state index in [2.05, 4.69) is 19.9 Å². The number of aromatic nitrogens is 4. The first-order chi connectivity index (χ1) is 11.6. The maximum absolute atomic E-state index is 12.5. The average molecular weight is 323 g/mol. The third-order valence-corrected chi connectivity index (χ3v) is 4.31. The summed E-state index contributed by atoms with van der Waals surface area (Å²) in [5.74, 6) is 0.668. The van der Waals surface area contributed by atoms with Gasteiger partial charge in [0, 0.05) is 37.6 Å². The number of imidazole rings is 1. The molecule has 1 aliphatic heterocycles. The number of hydrogen-bond donors (Lipinski definition) is 1. The summed E-state index contributed by atoms with van der Waals surface area (Å²) in [6.45, 7) is 2.63. The minimum atomic E-state index is -0.379. The van der Waals surface area contributed by atoms with Crippen LogP contribution >= 0.6 is 0 Å². The summed E-state index contributed by atoms with van der Waals surface area (Å²) >= 11 is 0. The second-order valence-electron chi connectivity index (χ2n) is 6.07. The Morgan fingerprint density at radius 1 is 1.38 bits per heavy atom. The van der Waals surface area contributed by atoms with Crippen molar-refractivity contribution >= 4 is 11.6 Å². The van der Waals surface area contributed by atoms with E-state index in [1.165, 1.54) is 10.6 Å². The molecule has 0 unspecified atom stereocenters. The molecule has 0 saturated carbocycles. The maximum Gasteiger partial charge on any atom is 0.270 e. The second kappa shape index (κ2) is 5.59. The highest BCUT2D eigenvalue weighted by atomic mass is 16.2. The molecule has 24 heavy (non-hydrogen) atoms. The molecule has 3 aromatic rings. The van der Waals surface area contributed by atoms with Gasteiger partial charge in [-0.3, -0.25) is 14.0 Å². The standard InChI is InChI=1S/C17H17N5O2/c1-11-9-21-10-12(5-6-15(21)19-11)20-16(23)13-8-18-14-4-2-3-7-22(14)17(13)24/h2-4,7-9,12H,5-6,10H2,1H3,(H,20,23)/t12-/m0/s1. The van der Waals surface area contributed by atoms with Gasteiger partial charge >= 0.3 is 0 Å². The number of nitrogens with zero attached hydrogens (tertiary/aromatic N) is 4. The van der Waals surface area contributed by atoms with Crippen LogP contribution in [0.15, 0.2) is 41.6 Å². The minimum Gasteiger partial charge on any atom is -0.347 e. The lowest BCUT2D eigenvalue weighted by Gasteiger charge is -2.24. The molecule has 1 N–H and O–H groups in total.